The van der Waals surface area contributed by atoms with Gasteiger partial charge in [0, 0.05) is 30.5 Å². The quantitative estimate of drug-likeness (QED) is 0.334. The number of hydrogen-bond acceptors (Lipinski definition) is 4. The molecular formula is C25H22Cl2N2O3. The van der Waals surface area contributed by atoms with Gasteiger partial charge in [0.15, 0.2) is 5.78 Å². The molecule has 7 heteroatoms. The van der Waals surface area contributed by atoms with Gasteiger partial charge in [-0.25, -0.2) is 0 Å². The van der Waals surface area contributed by atoms with Crippen LogP contribution >= 0.6 is 23.2 Å². The Bertz CT molecular complexity index is 1130. The van der Waals surface area contributed by atoms with Crippen LogP contribution in [-0.4, -0.2) is 37.0 Å². The first kappa shape index (κ1) is 23.5. The molecule has 0 bridgehead atoms. The Kier molecular flexibility index (Phi) is 8.06. The molecule has 164 valence electrons. The van der Waals surface area contributed by atoms with E-state index >= 15 is 0 Å². The molecule has 3 rings (SSSR count). The highest BCUT2D eigenvalue weighted by Crippen LogP contribution is 2.26. The van der Waals surface area contributed by atoms with E-state index in [1.54, 1.807) is 48.5 Å². The molecule has 0 radical (unpaired) electrons. The number of nitrogens with one attached hydrogen (secondary N) is 1. The number of aliphatic hydroxyl groups excluding tert-OH is 1. The van der Waals surface area contributed by atoms with E-state index in [0.717, 1.165) is 11.3 Å². The lowest BCUT2D eigenvalue weighted by molar-refractivity contribution is 0.102. The van der Waals surface area contributed by atoms with E-state index in [4.69, 9.17) is 28.3 Å². The summed E-state index contributed by atoms with van der Waals surface area (Å²) in [6.45, 7) is 0.639. The monoisotopic (exact) mass is 468 g/mol. The number of hydrogen-bond donors (Lipinski definition) is 2. The number of halogens is 2. The van der Waals surface area contributed by atoms with Gasteiger partial charge in [-0.15, -0.1) is 0 Å². The Morgan fingerprint density at radius 1 is 1.00 bits per heavy atom. The van der Waals surface area contributed by atoms with Crippen molar-refractivity contribution in [2.24, 2.45) is 0 Å². The first-order chi connectivity index (χ1) is 15.4. The zero-order valence-corrected chi connectivity index (χ0v) is 18.9. The van der Waals surface area contributed by atoms with Crippen LogP contribution in [0, 0.1) is 0 Å². The standard InChI is InChI=1S/C25H22Cl2N2O3/c1-29(15-16-30)20-12-5-17(6-13-20)7-14-23(31)18-8-10-19(11-9-18)28-25(32)21-3-2-4-22(26)24(21)27/h2-14,30H,15-16H2,1H3,(H,28,32)/b14-7+. The fourth-order valence-electron chi connectivity index (χ4n) is 2.98. The number of ketones is 1. The van der Waals surface area contributed by atoms with Crippen molar-refractivity contribution in [3.05, 3.63) is 99.5 Å². The summed E-state index contributed by atoms with van der Waals surface area (Å²) in [5, 5.41) is 12.3. The fraction of sp³-hybridized carbons (Fsp3) is 0.120. The molecule has 5 nitrogen and oxygen atoms in total. The van der Waals surface area contributed by atoms with E-state index in [1.165, 1.54) is 6.08 Å². The molecule has 1 amide bonds. The molecule has 0 heterocycles. The Balaban J connectivity index is 1.62. The van der Waals surface area contributed by atoms with E-state index in [-0.39, 0.29) is 28.9 Å². The number of benzene rings is 3. The third kappa shape index (κ3) is 5.98. The number of amides is 1. The number of carbonyl (C=O) groups excluding carboxylic acids is 2. The van der Waals surface area contributed by atoms with Crippen LogP contribution in [0.4, 0.5) is 11.4 Å². The van der Waals surface area contributed by atoms with Gasteiger partial charge in [0.2, 0.25) is 0 Å². The van der Waals surface area contributed by atoms with Crippen LogP contribution in [-0.2, 0) is 0 Å². The van der Waals surface area contributed by atoms with Crippen molar-refractivity contribution < 1.29 is 14.7 Å². The highest BCUT2D eigenvalue weighted by molar-refractivity contribution is 6.44. The molecule has 2 N–H and O–H groups in total. The van der Waals surface area contributed by atoms with E-state index < -0.39 is 0 Å². The molecule has 3 aromatic carbocycles. The maximum Gasteiger partial charge on any atom is 0.257 e. The van der Waals surface area contributed by atoms with Crippen LogP contribution in [0.2, 0.25) is 10.0 Å². The lowest BCUT2D eigenvalue weighted by atomic mass is 10.1. The smallest absolute Gasteiger partial charge is 0.257 e. The van der Waals surface area contributed by atoms with Gasteiger partial charge in [0.25, 0.3) is 5.91 Å². The van der Waals surface area contributed by atoms with Gasteiger partial charge in [-0.1, -0.05) is 47.5 Å². The summed E-state index contributed by atoms with van der Waals surface area (Å²) in [5.74, 6) is -0.535. The minimum absolute atomic E-state index is 0.0868. The average molecular weight is 469 g/mol. The van der Waals surface area contributed by atoms with E-state index in [1.807, 2.05) is 36.2 Å². The number of anilines is 2. The number of likely N-dealkylation sites (N-methyl/N-ethyl adjacent to an activating group) is 1. The number of carbonyl (C=O) groups is 2. The largest absolute Gasteiger partial charge is 0.395 e. The molecule has 0 atom stereocenters. The molecule has 0 fully saturated rings. The van der Waals surface area contributed by atoms with Gasteiger partial charge in [-0.05, 0) is 60.2 Å². The maximum absolute atomic E-state index is 12.5. The third-order valence-electron chi connectivity index (χ3n) is 4.82. The zero-order valence-electron chi connectivity index (χ0n) is 17.4. The number of aliphatic hydroxyl groups is 1. The molecule has 0 aliphatic rings. The van der Waals surface area contributed by atoms with Crippen molar-refractivity contribution in [1.29, 1.82) is 0 Å². The van der Waals surface area contributed by atoms with Crippen LogP contribution < -0.4 is 10.2 Å². The lowest BCUT2D eigenvalue weighted by Gasteiger charge is -2.17. The van der Waals surface area contributed by atoms with Gasteiger partial charge in [-0.2, -0.15) is 0 Å². The first-order valence-electron chi connectivity index (χ1n) is 9.89. The number of rotatable bonds is 8. The van der Waals surface area contributed by atoms with Crippen LogP contribution in [0.25, 0.3) is 6.08 Å². The Labute approximate surface area is 196 Å². The second-order valence-electron chi connectivity index (χ2n) is 7.07. The van der Waals surface area contributed by atoms with E-state index in [9.17, 15) is 9.59 Å². The number of allylic oxidation sites excluding steroid dienone is 1. The number of nitrogens with zero attached hydrogens (tertiary/aromatic N) is 1. The zero-order chi connectivity index (χ0) is 23.1. The van der Waals surface area contributed by atoms with Gasteiger partial charge in [0.05, 0.1) is 22.2 Å². The van der Waals surface area contributed by atoms with E-state index in [0.29, 0.717) is 22.8 Å². The molecule has 0 unspecified atom stereocenters. The summed E-state index contributed by atoms with van der Waals surface area (Å²) in [6.07, 6.45) is 3.25. The fourth-order valence-corrected chi connectivity index (χ4v) is 3.37. The highest BCUT2D eigenvalue weighted by atomic mass is 35.5. The van der Waals surface area contributed by atoms with Gasteiger partial charge >= 0.3 is 0 Å². The summed E-state index contributed by atoms with van der Waals surface area (Å²) in [6, 6.07) is 19.1. The van der Waals surface area contributed by atoms with Crippen molar-refractivity contribution in [3.63, 3.8) is 0 Å². The average Bonchev–Trinajstić information content (AvgIpc) is 2.80. The Morgan fingerprint density at radius 3 is 2.34 bits per heavy atom. The molecule has 0 aromatic heterocycles. The molecule has 0 spiro atoms. The summed E-state index contributed by atoms with van der Waals surface area (Å²) in [7, 11) is 1.90. The Morgan fingerprint density at radius 2 is 1.69 bits per heavy atom. The second-order valence-corrected chi connectivity index (χ2v) is 7.85. The van der Waals surface area contributed by atoms with Crippen molar-refractivity contribution in [1.82, 2.24) is 0 Å². The van der Waals surface area contributed by atoms with Crippen molar-refractivity contribution in [2.75, 3.05) is 30.4 Å². The predicted octanol–water partition coefficient (Wildman–Crippen LogP) is 5.57. The molecule has 0 aliphatic heterocycles. The summed E-state index contributed by atoms with van der Waals surface area (Å²) < 4.78 is 0. The van der Waals surface area contributed by atoms with Crippen molar-refractivity contribution in [2.45, 2.75) is 0 Å². The van der Waals surface area contributed by atoms with Crippen molar-refractivity contribution in [3.8, 4) is 0 Å². The minimum Gasteiger partial charge on any atom is -0.395 e. The molecule has 3 aromatic rings. The summed E-state index contributed by atoms with van der Waals surface area (Å²) in [5.41, 5.74) is 3.19. The first-order valence-corrected chi connectivity index (χ1v) is 10.6. The lowest BCUT2D eigenvalue weighted by Crippen LogP contribution is -2.20. The molecular weight excluding hydrogens is 447 g/mol. The Hall–Kier alpha value is -3.12. The SMILES string of the molecule is CN(CCO)c1ccc(/C=C/C(=O)c2ccc(NC(=O)c3cccc(Cl)c3Cl)cc2)cc1. The highest BCUT2D eigenvalue weighted by Gasteiger charge is 2.13. The van der Waals surface area contributed by atoms with Gasteiger partial charge in [-0.3, -0.25) is 9.59 Å². The van der Waals surface area contributed by atoms with Crippen LogP contribution in [0.1, 0.15) is 26.3 Å². The summed E-state index contributed by atoms with van der Waals surface area (Å²) in [4.78, 5) is 26.8. The van der Waals surface area contributed by atoms with Crippen LogP contribution in [0.3, 0.4) is 0 Å². The summed E-state index contributed by atoms with van der Waals surface area (Å²) >= 11 is 12.0. The van der Waals surface area contributed by atoms with Crippen LogP contribution in [0.15, 0.2) is 72.8 Å². The topological polar surface area (TPSA) is 69.6 Å². The van der Waals surface area contributed by atoms with Crippen LogP contribution in [0.5, 0.6) is 0 Å². The minimum atomic E-state index is -0.385. The van der Waals surface area contributed by atoms with E-state index in [2.05, 4.69) is 5.32 Å². The molecule has 32 heavy (non-hydrogen) atoms. The third-order valence-corrected chi connectivity index (χ3v) is 5.64. The molecule has 0 saturated carbocycles. The predicted molar refractivity (Wildman–Crippen MR) is 131 cm³/mol. The maximum atomic E-state index is 12.5. The normalized spacial score (nSPS) is 10.9. The van der Waals surface area contributed by atoms with Gasteiger partial charge < -0.3 is 15.3 Å². The second kappa shape index (κ2) is 11.0. The van der Waals surface area contributed by atoms with Crippen molar-refractivity contribution >= 4 is 52.3 Å². The molecule has 0 saturated heterocycles. The molecule has 0 aliphatic carbocycles. The van der Waals surface area contributed by atoms with Gasteiger partial charge in [0.1, 0.15) is 0 Å².